The second-order valence-corrected chi connectivity index (χ2v) is 12.7. The molecule has 43 heavy (non-hydrogen) atoms. The van der Waals surface area contributed by atoms with Crippen LogP contribution < -0.4 is 15.2 Å². The molecule has 5 N–H and O–H groups in total. The number of rotatable bonds is 13. The first kappa shape index (κ1) is 30.1. The Kier molecular flexibility index (Phi) is 9.00. The fourth-order valence-electron chi connectivity index (χ4n) is 4.44. The number of nitrogens with zero attached hydrogens (tertiary/aromatic N) is 1. The van der Waals surface area contributed by atoms with E-state index in [9.17, 15) is 28.1 Å². The predicted octanol–water partition coefficient (Wildman–Crippen LogP) is 5.98. The molecule has 3 aromatic carbocycles. The minimum absolute atomic E-state index is 0.00526. The quantitative estimate of drug-likeness (QED) is 0.134. The van der Waals surface area contributed by atoms with Gasteiger partial charge in [0, 0.05) is 28.6 Å². The summed E-state index contributed by atoms with van der Waals surface area (Å²) in [6.45, 7) is 0.151. The molecule has 0 unspecified atom stereocenters. The lowest BCUT2D eigenvalue weighted by Crippen LogP contribution is -2.16. The fraction of sp³-hybridized carbons (Fsp3) is 0.194. The van der Waals surface area contributed by atoms with Crippen LogP contribution in [0.1, 0.15) is 46.4 Å². The summed E-state index contributed by atoms with van der Waals surface area (Å²) in [6.07, 6.45) is 2.85. The zero-order valence-electron chi connectivity index (χ0n) is 22.9. The van der Waals surface area contributed by atoms with E-state index in [0.717, 1.165) is 35.3 Å². The maximum absolute atomic E-state index is 14.8. The molecule has 1 aliphatic rings. The summed E-state index contributed by atoms with van der Waals surface area (Å²) < 4.78 is 44.1. The highest BCUT2D eigenvalue weighted by molar-refractivity contribution is 7.89. The maximum atomic E-state index is 14.8. The third-order valence-corrected chi connectivity index (χ3v) is 8.61. The molecule has 222 valence electrons. The Morgan fingerprint density at radius 3 is 2.44 bits per heavy atom. The van der Waals surface area contributed by atoms with Gasteiger partial charge in [-0.05, 0) is 66.6 Å². The van der Waals surface area contributed by atoms with E-state index in [0.29, 0.717) is 34.3 Å². The molecular weight excluding hydrogens is 591 g/mol. The number of nitrogens with one attached hydrogen (secondary N) is 2. The van der Waals surface area contributed by atoms with Crippen molar-refractivity contribution in [3.05, 3.63) is 118 Å². The van der Waals surface area contributed by atoms with Crippen LogP contribution in [0.2, 0.25) is 0 Å². The third-order valence-electron chi connectivity index (χ3n) is 6.93. The molecule has 1 aliphatic carbocycles. The summed E-state index contributed by atoms with van der Waals surface area (Å²) in [6, 6.07) is 19.7. The Bertz CT molecular complexity index is 1780. The number of sulfonamides is 1. The van der Waals surface area contributed by atoms with Crippen molar-refractivity contribution in [3.63, 3.8) is 0 Å². The Hall–Kier alpha value is -4.39. The number of ether oxygens (including phenoxy) is 1. The number of carboxylic acid groups (broad SMARTS) is 1. The van der Waals surface area contributed by atoms with Crippen LogP contribution in [0.5, 0.6) is 5.75 Å². The van der Waals surface area contributed by atoms with Gasteiger partial charge in [0.2, 0.25) is 10.0 Å². The number of allylic oxidation sites excluding steroid dienone is 2. The van der Waals surface area contributed by atoms with Crippen LogP contribution >= 0.6 is 11.3 Å². The number of hydrogen-bond donors (Lipinski definition) is 4. The van der Waals surface area contributed by atoms with Crippen LogP contribution in [0, 0.1) is 17.1 Å². The molecule has 1 saturated carbocycles. The van der Waals surface area contributed by atoms with Crippen LogP contribution in [-0.4, -0.2) is 30.2 Å². The molecule has 1 aromatic heterocycles. The first-order valence-electron chi connectivity index (χ1n) is 13.4. The van der Waals surface area contributed by atoms with Crippen molar-refractivity contribution in [2.45, 2.75) is 37.2 Å². The molecule has 1 heterocycles. The van der Waals surface area contributed by atoms with E-state index in [4.69, 9.17) is 9.88 Å². The number of nitrogens with two attached hydrogens (primary N) is 1. The third kappa shape index (κ3) is 7.92. The average molecular weight is 621 g/mol. The Labute approximate surface area is 252 Å². The maximum Gasteiger partial charge on any atom is 0.355 e. The van der Waals surface area contributed by atoms with Crippen molar-refractivity contribution in [3.8, 4) is 5.75 Å². The molecule has 0 atom stereocenters. The molecule has 5 rings (SSSR count). The lowest BCUT2D eigenvalue weighted by molar-refractivity contribution is 0.0691. The van der Waals surface area contributed by atoms with Crippen molar-refractivity contribution in [1.29, 1.82) is 5.41 Å². The van der Waals surface area contributed by atoms with Crippen LogP contribution in [0.4, 0.5) is 9.52 Å². The lowest BCUT2D eigenvalue weighted by atomic mass is 9.92. The number of carbonyl (C=O) groups is 1. The topological polar surface area (TPSA) is 155 Å². The highest BCUT2D eigenvalue weighted by atomic mass is 32.2. The molecular formula is C31H29FN4O5S2. The highest BCUT2D eigenvalue weighted by Gasteiger charge is 2.27. The monoisotopic (exact) mass is 620 g/mol. The van der Waals surface area contributed by atoms with Crippen LogP contribution in [0.25, 0.3) is 0 Å². The number of halogens is 1. The van der Waals surface area contributed by atoms with E-state index < -0.39 is 21.8 Å². The van der Waals surface area contributed by atoms with Crippen molar-refractivity contribution in [2.24, 2.45) is 11.1 Å². The molecule has 0 radical (unpaired) electrons. The Morgan fingerprint density at radius 2 is 1.81 bits per heavy atom. The lowest BCUT2D eigenvalue weighted by Gasteiger charge is -2.19. The zero-order valence-corrected chi connectivity index (χ0v) is 24.6. The largest absolute Gasteiger partial charge is 0.486 e. The van der Waals surface area contributed by atoms with E-state index in [2.05, 4.69) is 10.3 Å². The van der Waals surface area contributed by atoms with Crippen LogP contribution in [0.15, 0.2) is 94.3 Å². The minimum Gasteiger partial charge on any atom is -0.486 e. The van der Waals surface area contributed by atoms with Gasteiger partial charge >= 0.3 is 5.97 Å². The zero-order chi connectivity index (χ0) is 30.6. The minimum atomic E-state index is -3.88. The summed E-state index contributed by atoms with van der Waals surface area (Å²) in [7, 11) is -3.88. The van der Waals surface area contributed by atoms with Gasteiger partial charge in [-0.1, -0.05) is 42.5 Å². The van der Waals surface area contributed by atoms with E-state index in [-0.39, 0.29) is 35.1 Å². The van der Waals surface area contributed by atoms with Crippen LogP contribution in [0.3, 0.4) is 0 Å². The number of hydrogen-bond acceptors (Lipinski definition) is 8. The normalized spacial score (nSPS) is 13.7. The van der Waals surface area contributed by atoms with Gasteiger partial charge < -0.3 is 15.2 Å². The van der Waals surface area contributed by atoms with Gasteiger partial charge in [-0.15, -0.1) is 11.3 Å². The second kappa shape index (κ2) is 12.9. The Balaban J connectivity index is 1.52. The number of aromatic carboxylic acids is 1. The number of carboxylic acids is 1. The average Bonchev–Trinajstić information content (AvgIpc) is 3.68. The van der Waals surface area contributed by atoms with Crippen LogP contribution in [-0.2, 0) is 23.1 Å². The number of aromatic nitrogens is 1. The summed E-state index contributed by atoms with van der Waals surface area (Å²) >= 11 is 1.14. The molecule has 0 aliphatic heterocycles. The molecule has 1 fully saturated rings. The fourth-order valence-corrected chi connectivity index (χ4v) is 5.67. The number of anilines is 1. The van der Waals surface area contributed by atoms with Gasteiger partial charge in [0.1, 0.15) is 6.61 Å². The van der Waals surface area contributed by atoms with E-state index in [1.165, 1.54) is 35.7 Å². The molecule has 0 amide bonds. The molecule has 0 bridgehead atoms. The first-order valence-corrected chi connectivity index (χ1v) is 15.8. The van der Waals surface area contributed by atoms with Crippen molar-refractivity contribution in [2.75, 3.05) is 5.32 Å². The van der Waals surface area contributed by atoms with Gasteiger partial charge in [0.25, 0.3) is 0 Å². The van der Waals surface area contributed by atoms with E-state index in [1.54, 1.807) is 12.1 Å². The molecule has 0 spiro atoms. The van der Waals surface area contributed by atoms with Crippen molar-refractivity contribution >= 4 is 38.2 Å². The summed E-state index contributed by atoms with van der Waals surface area (Å²) in [4.78, 5) is 15.6. The van der Waals surface area contributed by atoms with Gasteiger partial charge in [-0.2, -0.15) is 0 Å². The van der Waals surface area contributed by atoms with E-state index in [1.807, 2.05) is 30.3 Å². The summed E-state index contributed by atoms with van der Waals surface area (Å²) in [5.74, 6) is -1.32. The number of benzene rings is 3. The predicted molar refractivity (Wildman–Crippen MR) is 163 cm³/mol. The summed E-state index contributed by atoms with van der Waals surface area (Å²) in [5.41, 5.74) is 3.28. The molecule has 12 heteroatoms. The van der Waals surface area contributed by atoms with E-state index >= 15 is 0 Å². The second-order valence-electron chi connectivity index (χ2n) is 10.2. The smallest absolute Gasteiger partial charge is 0.355 e. The molecule has 0 saturated heterocycles. The standard InChI is InChI=1S/C31H29FN4O5S2/c32-25-13-10-22(16-28(25)41-17-21-4-2-1-3-5-21)29(33)24(14-19-8-11-23(12-9-19)43(34,39)40)26(15-20-6-7-20)35-31-36-27(18-42-31)30(37)38/h1-5,8-13,16,18,20,33H,6-7,14-15,17H2,(H,35,36)(H,37,38)(H2,34,39,40)/b26-24-,33-29?. The summed E-state index contributed by atoms with van der Waals surface area (Å²) in [5, 5.41) is 29.0. The number of primary sulfonamides is 1. The van der Waals surface area contributed by atoms with Gasteiger partial charge in [0.05, 0.1) is 10.6 Å². The SMILES string of the molecule is N=C(/C(Cc1ccc(S(N)(=O)=O)cc1)=C(/CC1CC1)Nc1nc(C(=O)O)cs1)c1ccc(F)c(OCc2ccccc2)c1. The van der Waals surface area contributed by atoms with Crippen molar-refractivity contribution < 1.29 is 27.4 Å². The molecule has 9 nitrogen and oxygen atoms in total. The van der Waals surface area contributed by atoms with Gasteiger partial charge in [-0.3, -0.25) is 5.41 Å². The van der Waals surface area contributed by atoms with Gasteiger partial charge in [-0.25, -0.2) is 27.7 Å². The first-order chi connectivity index (χ1) is 20.6. The molecule has 4 aromatic rings. The Morgan fingerprint density at radius 1 is 1.09 bits per heavy atom. The highest BCUT2D eigenvalue weighted by Crippen LogP contribution is 2.38. The van der Waals surface area contributed by atoms with Crippen molar-refractivity contribution in [1.82, 2.24) is 4.98 Å². The van der Waals surface area contributed by atoms with Gasteiger partial charge in [0.15, 0.2) is 22.4 Å². The number of thiazole rings is 1.